The number of benzene rings is 1. The van der Waals surface area contributed by atoms with E-state index in [0.29, 0.717) is 17.8 Å². The van der Waals surface area contributed by atoms with Crippen molar-refractivity contribution in [2.45, 2.75) is 51.5 Å². The number of para-hydroxylation sites is 1. The molecular formula is C16H21ClN2O. The van der Waals surface area contributed by atoms with Gasteiger partial charge in [-0.05, 0) is 25.5 Å². The van der Waals surface area contributed by atoms with Gasteiger partial charge in [-0.25, -0.2) is 4.98 Å². The first-order valence-electron chi connectivity index (χ1n) is 7.28. The van der Waals surface area contributed by atoms with E-state index in [0.717, 1.165) is 18.4 Å². The fourth-order valence-corrected chi connectivity index (χ4v) is 2.57. The molecule has 3 nitrogen and oxygen atoms in total. The number of hydrogen-bond acceptors (Lipinski definition) is 2. The highest BCUT2D eigenvalue weighted by Crippen LogP contribution is 2.19. The number of unbranched alkanes of at least 4 members (excludes halogenated alkanes) is 3. The molecule has 2 aromatic rings. The number of halogens is 1. The molecule has 0 spiro atoms. The minimum absolute atomic E-state index is 0.0228. The molecule has 1 heterocycles. The van der Waals surface area contributed by atoms with E-state index in [2.05, 4.69) is 11.9 Å². The number of alkyl halides is 1. The van der Waals surface area contributed by atoms with E-state index in [-0.39, 0.29) is 10.9 Å². The molecule has 108 valence electrons. The van der Waals surface area contributed by atoms with Gasteiger partial charge in [0.15, 0.2) is 0 Å². The highest BCUT2D eigenvalue weighted by molar-refractivity contribution is 6.20. The summed E-state index contributed by atoms with van der Waals surface area (Å²) in [5.41, 5.74) is 0.749. The van der Waals surface area contributed by atoms with Gasteiger partial charge in [-0.15, -0.1) is 11.6 Å². The molecule has 0 N–H and O–H groups in total. The SMILES string of the molecule is CCCCCCn1c(C(C)Cl)nc2ccccc2c1=O. The molecule has 1 atom stereocenters. The van der Waals surface area contributed by atoms with Gasteiger partial charge in [-0.2, -0.15) is 0 Å². The Kier molecular flexibility index (Phi) is 5.18. The van der Waals surface area contributed by atoms with Gasteiger partial charge in [0.2, 0.25) is 0 Å². The van der Waals surface area contributed by atoms with Crippen LogP contribution >= 0.6 is 11.6 Å². The van der Waals surface area contributed by atoms with Crippen LogP contribution in [0.1, 0.15) is 50.7 Å². The Bertz CT molecular complexity index is 634. The summed E-state index contributed by atoms with van der Waals surface area (Å²) < 4.78 is 1.75. The van der Waals surface area contributed by atoms with Crippen LogP contribution in [0.3, 0.4) is 0 Å². The van der Waals surface area contributed by atoms with E-state index in [1.807, 2.05) is 31.2 Å². The van der Waals surface area contributed by atoms with Crippen molar-refractivity contribution >= 4 is 22.5 Å². The molecule has 0 radical (unpaired) electrons. The normalized spacial score (nSPS) is 12.8. The number of fused-ring (bicyclic) bond motifs is 1. The summed E-state index contributed by atoms with van der Waals surface area (Å²) in [5, 5.41) is 0.405. The molecule has 1 aromatic carbocycles. The summed E-state index contributed by atoms with van der Waals surface area (Å²) in [4.78, 5) is 17.1. The average molecular weight is 293 g/mol. The largest absolute Gasteiger partial charge is 0.295 e. The maximum Gasteiger partial charge on any atom is 0.261 e. The molecular weight excluding hydrogens is 272 g/mol. The zero-order valence-electron chi connectivity index (χ0n) is 12.1. The van der Waals surface area contributed by atoms with Crippen LogP contribution in [0.15, 0.2) is 29.1 Å². The first kappa shape index (κ1) is 15.0. The predicted molar refractivity (Wildman–Crippen MR) is 84.4 cm³/mol. The van der Waals surface area contributed by atoms with Crippen LogP contribution in [0.2, 0.25) is 0 Å². The lowest BCUT2D eigenvalue weighted by atomic mass is 10.2. The maximum absolute atomic E-state index is 12.6. The fourth-order valence-electron chi connectivity index (χ4n) is 2.40. The Balaban J connectivity index is 2.41. The molecule has 4 heteroatoms. The van der Waals surface area contributed by atoms with Gasteiger partial charge in [-0.1, -0.05) is 38.3 Å². The molecule has 1 aromatic heterocycles. The van der Waals surface area contributed by atoms with Gasteiger partial charge in [0.05, 0.1) is 16.3 Å². The first-order chi connectivity index (χ1) is 9.65. The Morgan fingerprint density at radius 1 is 1.25 bits per heavy atom. The van der Waals surface area contributed by atoms with Crippen molar-refractivity contribution in [1.29, 1.82) is 0 Å². The minimum Gasteiger partial charge on any atom is -0.295 e. The van der Waals surface area contributed by atoms with Crippen LogP contribution in [-0.4, -0.2) is 9.55 Å². The Morgan fingerprint density at radius 2 is 2.00 bits per heavy atom. The molecule has 0 saturated carbocycles. The molecule has 2 rings (SSSR count). The summed E-state index contributed by atoms with van der Waals surface area (Å²) in [5.74, 6) is 0.673. The topological polar surface area (TPSA) is 34.9 Å². The van der Waals surface area contributed by atoms with Gasteiger partial charge in [-0.3, -0.25) is 9.36 Å². The van der Waals surface area contributed by atoms with E-state index in [1.54, 1.807) is 4.57 Å². The zero-order valence-corrected chi connectivity index (χ0v) is 12.9. The van der Waals surface area contributed by atoms with Crippen LogP contribution < -0.4 is 5.56 Å². The molecule has 1 unspecified atom stereocenters. The van der Waals surface area contributed by atoms with E-state index >= 15 is 0 Å². The summed E-state index contributed by atoms with van der Waals surface area (Å²) in [6.07, 6.45) is 4.50. The van der Waals surface area contributed by atoms with Crippen molar-refractivity contribution in [2.75, 3.05) is 0 Å². The molecule has 0 bridgehead atoms. The number of nitrogens with zero attached hydrogens (tertiary/aromatic N) is 2. The third-order valence-electron chi connectivity index (χ3n) is 3.48. The lowest BCUT2D eigenvalue weighted by molar-refractivity contribution is 0.546. The number of hydrogen-bond donors (Lipinski definition) is 0. The van der Waals surface area contributed by atoms with Crippen LogP contribution in [0.4, 0.5) is 0 Å². The van der Waals surface area contributed by atoms with Crippen molar-refractivity contribution in [2.24, 2.45) is 0 Å². The van der Waals surface area contributed by atoms with Crippen LogP contribution in [0, 0.1) is 0 Å². The summed E-state index contributed by atoms with van der Waals surface area (Å²) in [6, 6.07) is 7.45. The van der Waals surface area contributed by atoms with E-state index in [4.69, 9.17) is 11.6 Å². The van der Waals surface area contributed by atoms with Gasteiger partial charge in [0.1, 0.15) is 5.82 Å². The van der Waals surface area contributed by atoms with Crippen molar-refractivity contribution in [3.05, 3.63) is 40.4 Å². The summed E-state index contributed by atoms with van der Waals surface area (Å²) in [7, 11) is 0. The smallest absolute Gasteiger partial charge is 0.261 e. The number of aromatic nitrogens is 2. The number of rotatable bonds is 6. The maximum atomic E-state index is 12.6. The van der Waals surface area contributed by atoms with Gasteiger partial charge in [0, 0.05) is 6.54 Å². The van der Waals surface area contributed by atoms with Crippen molar-refractivity contribution in [1.82, 2.24) is 9.55 Å². The quantitative estimate of drug-likeness (QED) is 0.588. The van der Waals surface area contributed by atoms with Crippen LogP contribution in [-0.2, 0) is 6.54 Å². The van der Waals surface area contributed by atoms with Gasteiger partial charge in [0.25, 0.3) is 5.56 Å². The Morgan fingerprint density at radius 3 is 2.70 bits per heavy atom. The second-order valence-corrected chi connectivity index (χ2v) is 5.78. The third kappa shape index (κ3) is 3.21. The first-order valence-corrected chi connectivity index (χ1v) is 7.72. The van der Waals surface area contributed by atoms with Crippen molar-refractivity contribution < 1.29 is 0 Å². The summed E-state index contributed by atoms with van der Waals surface area (Å²) in [6.45, 7) is 4.74. The minimum atomic E-state index is -0.265. The average Bonchev–Trinajstić information content (AvgIpc) is 2.45. The van der Waals surface area contributed by atoms with Crippen molar-refractivity contribution in [3.63, 3.8) is 0 Å². The third-order valence-corrected chi connectivity index (χ3v) is 3.68. The zero-order chi connectivity index (χ0) is 14.5. The monoisotopic (exact) mass is 292 g/mol. The lowest BCUT2D eigenvalue weighted by Gasteiger charge is -2.14. The Labute approximate surface area is 124 Å². The molecule has 0 fully saturated rings. The second-order valence-electron chi connectivity index (χ2n) is 5.12. The van der Waals surface area contributed by atoms with E-state index < -0.39 is 0 Å². The fraction of sp³-hybridized carbons (Fsp3) is 0.500. The van der Waals surface area contributed by atoms with E-state index in [9.17, 15) is 4.79 Å². The van der Waals surface area contributed by atoms with Crippen LogP contribution in [0.5, 0.6) is 0 Å². The standard InChI is InChI=1S/C16H21ClN2O/c1-3-4-5-8-11-19-15(12(2)17)18-14-10-7-6-9-13(14)16(19)20/h6-7,9-10,12H,3-5,8,11H2,1-2H3. The second kappa shape index (κ2) is 6.89. The van der Waals surface area contributed by atoms with Gasteiger partial charge < -0.3 is 0 Å². The molecule has 0 aliphatic rings. The molecule has 0 saturated heterocycles. The molecule has 0 aliphatic heterocycles. The van der Waals surface area contributed by atoms with Crippen molar-refractivity contribution in [3.8, 4) is 0 Å². The molecule has 0 aliphatic carbocycles. The molecule has 0 amide bonds. The predicted octanol–water partition coefficient (Wildman–Crippen LogP) is 4.28. The van der Waals surface area contributed by atoms with Crippen LogP contribution in [0.25, 0.3) is 10.9 Å². The molecule has 20 heavy (non-hydrogen) atoms. The van der Waals surface area contributed by atoms with E-state index in [1.165, 1.54) is 12.8 Å². The highest BCUT2D eigenvalue weighted by Gasteiger charge is 2.14. The highest BCUT2D eigenvalue weighted by atomic mass is 35.5. The Hall–Kier alpha value is -1.35. The lowest BCUT2D eigenvalue weighted by Crippen LogP contribution is -2.26. The summed E-state index contributed by atoms with van der Waals surface area (Å²) >= 11 is 6.20. The van der Waals surface area contributed by atoms with Gasteiger partial charge >= 0.3 is 0 Å².